The van der Waals surface area contributed by atoms with Crippen molar-refractivity contribution in [1.29, 1.82) is 0 Å². The van der Waals surface area contributed by atoms with Crippen LogP contribution in [0.25, 0.3) is 0 Å². The average Bonchev–Trinajstić information content (AvgIpc) is 2.48. The molecule has 1 aromatic carbocycles. The Kier molecular flexibility index (Phi) is 4.48. The van der Waals surface area contributed by atoms with Crippen LogP contribution in [-0.4, -0.2) is 33.7 Å². The van der Waals surface area contributed by atoms with Crippen molar-refractivity contribution in [2.75, 3.05) is 13.1 Å². The summed E-state index contributed by atoms with van der Waals surface area (Å²) in [4.78, 5) is 25.8. The molecule has 1 aromatic heterocycles. The summed E-state index contributed by atoms with van der Waals surface area (Å²) < 4.78 is 1.48. The fraction of sp³-hybridized carbons (Fsp3) is 0.353. The molecule has 1 aliphatic heterocycles. The number of carbonyl (C=O) groups excluding carboxylic acids is 1. The molecule has 120 valence electrons. The first-order valence-corrected chi connectivity index (χ1v) is 7.96. The molecule has 0 radical (unpaired) electrons. The van der Waals surface area contributed by atoms with Gasteiger partial charge in [-0.3, -0.25) is 9.59 Å². The molecular weight excluding hydrogens is 314 g/mol. The number of nitrogens with zero attached hydrogens (tertiary/aromatic N) is 3. The topological polar surface area (TPSA) is 55.2 Å². The maximum Gasteiger partial charge on any atom is 0.266 e. The molecule has 6 heteroatoms. The zero-order valence-electron chi connectivity index (χ0n) is 12.9. The van der Waals surface area contributed by atoms with E-state index in [0.29, 0.717) is 31.1 Å². The van der Waals surface area contributed by atoms with Crippen molar-refractivity contribution in [3.8, 4) is 0 Å². The van der Waals surface area contributed by atoms with Crippen LogP contribution < -0.4 is 5.56 Å². The molecule has 1 amide bonds. The summed E-state index contributed by atoms with van der Waals surface area (Å²) in [7, 11) is 0. The maximum absolute atomic E-state index is 12.2. The molecule has 0 bridgehead atoms. The zero-order valence-corrected chi connectivity index (χ0v) is 13.7. The Bertz CT molecular complexity index is 781. The predicted molar refractivity (Wildman–Crippen MR) is 88.5 cm³/mol. The molecule has 2 aromatic rings. The average molecular weight is 332 g/mol. The van der Waals surface area contributed by atoms with Crippen molar-refractivity contribution >= 4 is 17.5 Å². The molecule has 2 heterocycles. The fourth-order valence-electron chi connectivity index (χ4n) is 2.73. The minimum absolute atomic E-state index is 0.0684. The first kappa shape index (κ1) is 15.7. The second kappa shape index (κ2) is 6.54. The molecule has 23 heavy (non-hydrogen) atoms. The molecule has 0 N–H and O–H groups in total. The molecule has 1 saturated heterocycles. The van der Waals surface area contributed by atoms with Crippen LogP contribution in [0.5, 0.6) is 0 Å². The Balaban J connectivity index is 1.55. The third-order valence-corrected chi connectivity index (χ3v) is 4.41. The second-order valence-corrected chi connectivity index (χ2v) is 6.34. The lowest BCUT2D eigenvalue weighted by Gasteiger charge is -2.39. The van der Waals surface area contributed by atoms with Gasteiger partial charge in [-0.05, 0) is 24.6 Å². The Morgan fingerprint density at radius 3 is 2.74 bits per heavy atom. The van der Waals surface area contributed by atoms with Crippen LogP contribution in [0.3, 0.4) is 0 Å². The Hall–Kier alpha value is -2.14. The molecule has 5 nitrogen and oxygen atoms in total. The number of benzene rings is 1. The zero-order chi connectivity index (χ0) is 16.4. The lowest BCUT2D eigenvalue weighted by atomic mass is 9.99. The Labute approximate surface area is 139 Å². The van der Waals surface area contributed by atoms with Crippen molar-refractivity contribution < 1.29 is 4.79 Å². The van der Waals surface area contributed by atoms with E-state index in [1.165, 1.54) is 10.7 Å². The van der Waals surface area contributed by atoms with Gasteiger partial charge in [0.1, 0.15) is 0 Å². The molecule has 3 rings (SSSR count). The van der Waals surface area contributed by atoms with Crippen molar-refractivity contribution in [2.45, 2.75) is 19.9 Å². The van der Waals surface area contributed by atoms with E-state index >= 15 is 0 Å². The third-order valence-electron chi connectivity index (χ3n) is 4.04. The van der Waals surface area contributed by atoms with Gasteiger partial charge in [0.15, 0.2) is 0 Å². The largest absolute Gasteiger partial charge is 0.342 e. The van der Waals surface area contributed by atoms with Gasteiger partial charge in [0.2, 0.25) is 5.91 Å². The Morgan fingerprint density at radius 1 is 1.26 bits per heavy atom. The maximum atomic E-state index is 12.2. The highest BCUT2D eigenvalue weighted by atomic mass is 35.5. The monoisotopic (exact) mass is 331 g/mol. The molecule has 1 aliphatic rings. The minimum atomic E-state index is -0.101. The van der Waals surface area contributed by atoms with E-state index < -0.39 is 0 Å². The third kappa shape index (κ3) is 3.62. The summed E-state index contributed by atoms with van der Waals surface area (Å²) in [6, 6.07) is 10.6. The lowest BCUT2D eigenvalue weighted by molar-refractivity contribution is -0.137. The van der Waals surface area contributed by atoms with Gasteiger partial charge in [0, 0.05) is 30.1 Å². The van der Waals surface area contributed by atoms with E-state index in [1.54, 1.807) is 17.0 Å². The summed E-state index contributed by atoms with van der Waals surface area (Å²) in [5, 5.41) is 4.85. The summed E-state index contributed by atoms with van der Waals surface area (Å²) in [5.41, 5.74) is 1.56. The minimum Gasteiger partial charge on any atom is -0.342 e. The van der Waals surface area contributed by atoms with Gasteiger partial charge in [0.05, 0.1) is 18.7 Å². The number of carbonyl (C=O) groups is 1. The number of halogens is 1. The normalized spacial score (nSPS) is 14.6. The summed E-state index contributed by atoms with van der Waals surface area (Å²) in [5.74, 6) is 0.344. The molecule has 0 atom stereocenters. The predicted octanol–water partition coefficient (Wildman–Crippen LogP) is 1.91. The van der Waals surface area contributed by atoms with E-state index in [0.717, 1.165) is 11.3 Å². The van der Waals surface area contributed by atoms with Crippen molar-refractivity contribution in [1.82, 2.24) is 14.7 Å². The first-order chi connectivity index (χ1) is 11.0. The smallest absolute Gasteiger partial charge is 0.266 e. The van der Waals surface area contributed by atoms with Gasteiger partial charge >= 0.3 is 0 Å². The van der Waals surface area contributed by atoms with Crippen LogP contribution >= 0.6 is 11.6 Å². The van der Waals surface area contributed by atoms with Gasteiger partial charge in [-0.1, -0.05) is 29.8 Å². The number of hydrogen-bond acceptors (Lipinski definition) is 3. The SMILES string of the molecule is Cc1ccc(=O)n(CC2CN(C(=O)Cc3ccccc3Cl)C2)n1. The molecule has 0 aliphatic carbocycles. The van der Waals surface area contributed by atoms with Crippen LogP contribution in [0, 0.1) is 12.8 Å². The van der Waals surface area contributed by atoms with Crippen LogP contribution in [0.15, 0.2) is 41.2 Å². The number of likely N-dealkylation sites (tertiary alicyclic amines) is 1. The number of aromatic nitrogens is 2. The molecule has 1 fully saturated rings. The van der Waals surface area contributed by atoms with Crippen molar-refractivity contribution in [3.05, 3.63) is 63.0 Å². The second-order valence-electron chi connectivity index (χ2n) is 5.93. The van der Waals surface area contributed by atoms with Gasteiger partial charge in [-0.15, -0.1) is 0 Å². The van der Waals surface area contributed by atoms with E-state index in [2.05, 4.69) is 5.10 Å². The fourth-order valence-corrected chi connectivity index (χ4v) is 2.93. The highest BCUT2D eigenvalue weighted by Gasteiger charge is 2.31. The number of rotatable bonds is 4. The standard InChI is InChI=1S/C17H18ClN3O2/c1-12-6-7-16(22)21(19-12)11-13-9-20(10-13)17(23)8-14-4-2-3-5-15(14)18/h2-7,13H,8-11H2,1H3. The Morgan fingerprint density at radius 2 is 2.00 bits per heavy atom. The van der Waals surface area contributed by atoms with Gasteiger partial charge in [0.25, 0.3) is 5.56 Å². The lowest BCUT2D eigenvalue weighted by Crippen LogP contribution is -2.52. The van der Waals surface area contributed by atoms with E-state index in [9.17, 15) is 9.59 Å². The first-order valence-electron chi connectivity index (χ1n) is 7.59. The van der Waals surface area contributed by atoms with Gasteiger partial charge in [-0.25, -0.2) is 4.68 Å². The van der Waals surface area contributed by atoms with Gasteiger partial charge < -0.3 is 4.90 Å². The number of aryl methyl sites for hydroxylation is 1. The van der Waals surface area contributed by atoms with Gasteiger partial charge in [-0.2, -0.15) is 5.10 Å². The summed E-state index contributed by atoms with van der Waals surface area (Å²) >= 11 is 6.09. The molecule has 0 spiro atoms. The molecule has 0 unspecified atom stereocenters. The molecular formula is C17H18ClN3O2. The summed E-state index contributed by atoms with van der Waals surface area (Å²) in [6.07, 6.45) is 0.315. The quantitative estimate of drug-likeness (QED) is 0.860. The van der Waals surface area contributed by atoms with Crippen LogP contribution in [-0.2, 0) is 17.8 Å². The van der Waals surface area contributed by atoms with E-state index in [4.69, 9.17) is 11.6 Å². The van der Waals surface area contributed by atoms with E-state index in [-0.39, 0.29) is 17.4 Å². The number of amides is 1. The number of hydrogen-bond donors (Lipinski definition) is 0. The van der Waals surface area contributed by atoms with Crippen molar-refractivity contribution in [3.63, 3.8) is 0 Å². The van der Waals surface area contributed by atoms with Crippen LogP contribution in [0.2, 0.25) is 5.02 Å². The van der Waals surface area contributed by atoms with E-state index in [1.807, 2.05) is 25.1 Å². The van der Waals surface area contributed by atoms with Crippen LogP contribution in [0.4, 0.5) is 0 Å². The summed E-state index contributed by atoms with van der Waals surface area (Å²) in [6.45, 7) is 3.73. The molecule has 0 saturated carbocycles. The highest BCUT2D eigenvalue weighted by Crippen LogP contribution is 2.21. The van der Waals surface area contributed by atoms with Crippen LogP contribution in [0.1, 0.15) is 11.3 Å². The highest BCUT2D eigenvalue weighted by molar-refractivity contribution is 6.31. The van der Waals surface area contributed by atoms with Crippen molar-refractivity contribution in [2.24, 2.45) is 5.92 Å².